The molecule has 1 aromatic rings. The molecule has 0 fully saturated rings. The van der Waals surface area contributed by atoms with Crippen LogP contribution < -0.4 is 10.1 Å². The Bertz CT molecular complexity index is 616. The van der Waals surface area contributed by atoms with Gasteiger partial charge in [0, 0.05) is 19.7 Å². The number of hydrogen-bond donors (Lipinski definition) is 1. The number of sulfonamides is 1. The van der Waals surface area contributed by atoms with Crippen LogP contribution in [0.25, 0.3) is 0 Å². The van der Waals surface area contributed by atoms with Gasteiger partial charge in [-0.1, -0.05) is 6.92 Å². The van der Waals surface area contributed by atoms with E-state index in [0.29, 0.717) is 19.0 Å². The molecule has 1 aromatic carbocycles. The molecule has 0 radical (unpaired) electrons. The number of nitrogens with one attached hydrogen (secondary N) is 1. The van der Waals surface area contributed by atoms with Gasteiger partial charge in [0.2, 0.25) is 15.9 Å². The van der Waals surface area contributed by atoms with E-state index in [0.717, 1.165) is 4.31 Å². The van der Waals surface area contributed by atoms with Crippen LogP contribution in [-0.4, -0.2) is 58.1 Å². The lowest BCUT2D eigenvalue weighted by atomic mass is 10.3. The molecule has 0 heterocycles. The average molecular weight is 358 g/mol. The third-order valence-corrected chi connectivity index (χ3v) is 5.20. The number of nitrogens with zero attached hydrogens (tertiary/aromatic N) is 1. The first-order valence-electron chi connectivity index (χ1n) is 7.86. The van der Waals surface area contributed by atoms with Crippen LogP contribution in [0.15, 0.2) is 29.2 Å². The molecule has 1 atom stereocenters. The summed E-state index contributed by atoms with van der Waals surface area (Å²) in [6.45, 7) is 6.17. The number of amides is 1. The summed E-state index contributed by atoms with van der Waals surface area (Å²) in [6, 6.07) is 5.98. The Morgan fingerprint density at radius 2 is 1.88 bits per heavy atom. The molecule has 0 unspecified atom stereocenters. The first kappa shape index (κ1) is 20.4. The molecule has 1 N–H and O–H groups in total. The predicted octanol–water partition coefficient (Wildman–Crippen LogP) is 1.25. The van der Waals surface area contributed by atoms with Crippen LogP contribution >= 0.6 is 0 Å². The number of methoxy groups -OCH3 is 1. The van der Waals surface area contributed by atoms with Gasteiger partial charge >= 0.3 is 0 Å². The molecule has 1 rings (SSSR count). The lowest BCUT2D eigenvalue weighted by Gasteiger charge is -2.21. The normalized spacial score (nSPS) is 12.9. The van der Waals surface area contributed by atoms with Gasteiger partial charge in [-0.25, -0.2) is 8.42 Å². The molecule has 24 heavy (non-hydrogen) atoms. The minimum absolute atomic E-state index is 0.130. The smallest absolute Gasteiger partial charge is 0.243 e. The highest BCUT2D eigenvalue weighted by Crippen LogP contribution is 2.19. The maximum Gasteiger partial charge on any atom is 0.243 e. The van der Waals surface area contributed by atoms with E-state index in [-0.39, 0.29) is 29.9 Å². The van der Waals surface area contributed by atoms with Gasteiger partial charge in [-0.05, 0) is 38.1 Å². The maximum atomic E-state index is 12.7. The highest BCUT2D eigenvalue weighted by Gasteiger charge is 2.25. The minimum atomic E-state index is -3.74. The van der Waals surface area contributed by atoms with Gasteiger partial charge in [0.25, 0.3) is 0 Å². The summed E-state index contributed by atoms with van der Waals surface area (Å²) >= 11 is 0. The fourth-order valence-electron chi connectivity index (χ4n) is 2.16. The number of hydrogen-bond acceptors (Lipinski definition) is 5. The van der Waals surface area contributed by atoms with Crippen molar-refractivity contribution in [3.63, 3.8) is 0 Å². The molecule has 0 bridgehead atoms. The zero-order chi connectivity index (χ0) is 18.2. The Balaban J connectivity index is 2.83. The van der Waals surface area contributed by atoms with Gasteiger partial charge in [0.1, 0.15) is 5.75 Å². The summed E-state index contributed by atoms with van der Waals surface area (Å²) in [4.78, 5) is 12.2. The zero-order valence-corrected chi connectivity index (χ0v) is 15.4. The number of rotatable bonds is 10. The second-order valence-electron chi connectivity index (χ2n) is 5.26. The molecule has 8 heteroatoms. The second-order valence-corrected chi connectivity index (χ2v) is 7.20. The highest BCUT2D eigenvalue weighted by atomic mass is 32.2. The molecular weight excluding hydrogens is 332 g/mol. The summed E-state index contributed by atoms with van der Waals surface area (Å²) in [5.74, 6) is 0.238. The van der Waals surface area contributed by atoms with E-state index in [4.69, 9.17) is 9.47 Å². The highest BCUT2D eigenvalue weighted by molar-refractivity contribution is 7.89. The SMILES string of the molecule is CCOc1ccc(S(=O)(=O)N(CC)CC(=O)N[C@H](C)COC)cc1. The molecular formula is C16H26N2O5S. The first-order valence-corrected chi connectivity index (χ1v) is 9.30. The van der Waals surface area contributed by atoms with Crippen LogP contribution in [0, 0.1) is 0 Å². The van der Waals surface area contributed by atoms with Gasteiger partial charge in [-0.2, -0.15) is 4.31 Å². The lowest BCUT2D eigenvalue weighted by Crippen LogP contribution is -2.44. The molecule has 7 nitrogen and oxygen atoms in total. The summed E-state index contributed by atoms with van der Waals surface area (Å²) in [7, 11) is -2.20. The van der Waals surface area contributed by atoms with Crippen LogP contribution in [0.3, 0.4) is 0 Å². The van der Waals surface area contributed by atoms with Crippen molar-refractivity contribution in [3.05, 3.63) is 24.3 Å². The predicted molar refractivity (Wildman–Crippen MR) is 91.5 cm³/mol. The quantitative estimate of drug-likeness (QED) is 0.680. The monoisotopic (exact) mass is 358 g/mol. The van der Waals surface area contributed by atoms with Crippen molar-refractivity contribution >= 4 is 15.9 Å². The summed E-state index contributed by atoms with van der Waals surface area (Å²) in [6.07, 6.45) is 0. The number of carbonyl (C=O) groups is 1. The summed E-state index contributed by atoms with van der Waals surface area (Å²) < 4.78 is 36.7. The van der Waals surface area contributed by atoms with Gasteiger partial charge in [0.05, 0.1) is 24.7 Å². The van der Waals surface area contributed by atoms with Crippen LogP contribution in [0.5, 0.6) is 5.75 Å². The van der Waals surface area contributed by atoms with Gasteiger partial charge in [-0.3, -0.25) is 4.79 Å². The van der Waals surface area contributed by atoms with Crippen molar-refractivity contribution < 1.29 is 22.7 Å². The van der Waals surface area contributed by atoms with Crippen LogP contribution in [-0.2, 0) is 19.6 Å². The Hall–Kier alpha value is -1.64. The van der Waals surface area contributed by atoms with Crippen molar-refractivity contribution in [2.75, 3.05) is 33.4 Å². The molecule has 0 saturated heterocycles. The van der Waals surface area contributed by atoms with Crippen molar-refractivity contribution in [2.24, 2.45) is 0 Å². The van der Waals surface area contributed by atoms with E-state index in [1.807, 2.05) is 6.92 Å². The van der Waals surface area contributed by atoms with E-state index in [2.05, 4.69) is 5.32 Å². The number of likely N-dealkylation sites (N-methyl/N-ethyl adjacent to an activating group) is 1. The third-order valence-electron chi connectivity index (χ3n) is 3.27. The first-order chi connectivity index (χ1) is 11.3. The van der Waals surface area contributed by atoms with Gasteiger partial charge in [-0.15, -0.1) is 0 Å². The van der Waals surface area contributed by atoms with Gasteiger partial charge in [0.15, 0.2) is 0 Å². The fraction of sp³-hybridized carbons (Fsp3) is 0.562. The van der Waals surface area contributed by atoms with E-state index < -0.39 is 10.0 Å². The van der Waals surface area contributed by atoms with Crippen LogP contribution in [0.2, 0.25) is 0 Å². The van der Waals surface area contributed by atoms with E-state index in [1.54, 1.807) is 26.0 Å². The fourth-order valence-corrected chi connectivity index (χ4v) is 3.57. The van der Waals surface area contributed by atoms with E-state index >= 15 is 0 Å². The zero-order valence-electron chi connectivity index (χ0n) is 14.6. The molecule has 1 amide bonds. The van der Waals surface area contributed by atoms with Crippen molar-refractivity contribution in [1.82, 2.24) is 9.62 Å². The van der Waals surface area contributed by atoms with Crippen molar-refractivity contribution in [1.29, 1.82) is 0 Å². The summed E-state index contributed by atoms with van der Waals surface area (Å²) in [5, 5.41) is 2.70. The number of ether oxygens (including phenoxy) is 2. The molecule has 0 spiro atoms. The topological polar surface area (TPSA) is 84.9 Å². The average Bonchev–Trinajstić information content (AvgIpc) is 2.53. The molecule has 0 saturated carbocycles. The standard InChI is InChI=1S/C16H26N2O5S/c1-5-18(11-16(19)17-13(3)12-22-4)24(20,21)15-9-7-14(8-10-15)23-6-2/h7-10,13H,5-6,11-12H2,1-4H3,(H,17,19)/t13-/m1/s1. The minimum Gasteiger partial charge on any atom is -0.494 e. The maximum absolute atomic E-state index is 12.7. The molecule has 0 aromatic heterocycles. The van der Waals surface area contributed by atoms with Crippen molar-refractivity contribution in [3.8, 4) is 5.75 Å². The number of benzene rings is 1. The van der Waals surface area contributed by atoms with Crippen molar-refractivity contribution in [2.45, 2.75) is 31.7 Å². The Morgan fingerprint density at radius 3 is 2.38 bits per heavy atom. The largest absolute Gasteiger partial charge is 0.494 e. The number of carbonyl (C=O) groups excluding carboxylic acids is 1. The summed E-state index contributed by atoms with van der Waals surface area (Å²) in [5.41, 5.74) is 0. The Morgan fingerprint density at radius 1 is 1.25 bits per heavy atom. The van der Waals surface area contributed by atoms with Gasteiger partial charge < -0.3 is 14.8 Å². The third kappa shape index (κ3) is 5.77. The second kappa shape index (κ2) is 9.61. The molecule has 0 aliphatic heterocycles. The lowest BCUT2D eigenvalue weighted by molar-refractivity contribution is -0.122. The molecule has 0 aliphatic rings. The van der Waals surface area contributed by atoms with E-state index in [1.165, 1.54) is 19.2 Å². The van der Waals surface area contributed by atoms with Crippen LogP contribution in [0.4, 0.5) is 0 Å². The molecule has 0 aliphatic carbocycles. The Kier molecular flexibility index (Phi) is 8.17. The Labute approximate surface area is 144 Å². The molecule has 136 valence electrons. The van der Waals surface area contributed by atoms with Crippen LogP contribution in [0.1, 0.15) is 20.8 Å². The van der Waals surface area contributed by atoms with E-state index in [9.17, 15) is 13.2 Å².